The number of alkyl halides is 1. The molecule has 0 amide bonds. The maximum Gasteiger partial charge on any atom is 0.330 e. The first-order valence-corrected chi connectivity index (χ1v) is 7.66. The van der Waals surface area contributed by atoms with E-state index in [1.807, 2.05) is 6.55 Å². The van der Waals surface area contributed by atoms with Gasteiger partial charge >= 0.3 is 15.3 Å². The molecule has 0 N–H and O–H groups in total. The van der Waals surface area contributed by atoms with Gasteiger partial charge in [-0.05, 0) is 19.9 Å². The number of ether oxygens (including phenoxy) is 1. The van der Waals surface area contributed by atoms with E-state index in [0.29, 0.717) is 18.9 Å². The lowest BCUT2D eigenvalue weighted by molar-refractivity contribution is -0.137. The van der Waals surface area contributed by atoms with Gasteiger partial charge in [0, 0.05) is 26.2 Å². The highest BCUT2D eigenvalue weighted by Crippen LogP contribution is 1.87. The first kappa shape index (κ1) is 18.0. The average Bonchev–Trinajstić information content (AvgIpc) is 2.29. The van der Waals surface area contributed by atoms with Gasteiger partial charge in [0.2, 0.25) is 0 Å². The number of esters is 1. The molecule has 0 saturated carbocycles. The van der Waals surface area contributed by atoms with Gasteiger partial charge < -0.3 is 13.6 Å². The van der Waals surface area contributed by atoms with Gasteiger partial charge in [0.25, 0.3) is 0 Å². The minimum Gasteiger partial charge on any atom is -0.462 e. The quantitative estimate of drug-likeness (QED) is 0.243. The number of allylic oxidation sites excluding steroid dienone is 1. The van der Waals surface area contributed by atoms with Crippen LogP contribution in [0.3, 0.4) is 0 Å². The molecule has 0 rings (SSSR count). The van der Waals surface area contributed by atoms with Crippen LogP contribution in [0.2, 0.25) is 6.55 Å². The zero-order chi connectivity index (χ0) is 12.8. The molecule has 6 heteroatoms. The van der Waals surface area contributed by atoms with E-state index in [1.165, 1.54) is 6.08 Å². The van der Waals surface area contributed by atoms with Crippen LogP contribution in [0.25, 0.3) is 0 Å². The van der Waals surface area contributed by atoms with E-state index in [0.717, 1.165) is 0 Å². The molecule has 0 spiro atoms. The molecule has 16 heavy (non-hydrogen) atoms. The first-order chi connectivity index (χ1) is 7.62. The molecule has 0 atom stereocenters. The van der Waals surface area contributed by atoms with Gasteiger partial charge in [-0.3, -0.25) is 0 Å². The van der Waals surface area contributed by atoms with Crippen LogP contribution in [0.4, 0.5) is 0 Å². The lowest BCUT2D eigenvalue weighted by Gasteiger charge is -2.00. The van der Waals surface area contributed by atoms with Crippen LogP contribution in [0, 0.1) is 0 Å². The third kappa shape index (κ3) is 16.1. The fourth-order valence-corrected chi connectivity index (χ4v) is 0.809. The minimum absolute atomic E-state index is 0.299. The highest BCUT2D eigenvalue weighted by atomic mass is 35.5. The number of carbonyl (C=O) groups is 1. The Labute approximate surface area is 104 Å². The molecular weight excluding hydrogens is 248 g/mol. The molecule has 0 radical (unpaired) electrons. The van der Waals surface area contributed by atoms with E-state index in [2.05, 4.69) is 0 Å². The van der Waals surface area contributed by atoms with Gasteiger partial charge in [0.15, 0.2) is 0 Å². The van der Waals surface area contributed by atoms with Crippen molar-refractivity contribution in [2.75, 3.05) is 26.7 Å². The van der Waals surface area contributed by atoms with E-state index in [9.17, 15) is 4.79 Å². The third-order valence-electron chi connectivity index (χ3n) is 1.49. The first-order valence-electron chi connectivity index (χ1n) is 5.03. The summed E-state index contributed by atoms with van der Waals surface area (Å²) in [6.07, 6.45) is 3.74. The van der Waals surface area contributed by atoms with Crippen LogP contribution in [-0.2, 0) is 18.4 Å². The van der Waals surface area contributed by atoms with Gasteiger partial charge in [-0.1, -0.05) is 6.08 Å². The van der Waals surface area contributed by atoms with Crippen molar-refractivity contribution in [2.45, 2.75) is 19.9 Å². The van der Waals surface area contributed by atoms with Crippen LogP contribution in [-0.4, -0.2) is 42.0 Å². The number of rotatable bonds is 6. The molecule has 96 valence electrons. The summed E-state index contributed by atoms with van der Waals surface area (Å²) in [5, 5.41) is 0. The van der Waals surface area contributed by atoms with E-state index in [1.54, 1.807) is 27.2 Å². The predicted molar refractivity (Wildman–Crippen MR) is 68.1 cm³/mol. The Morgan fingerprint density at radius 3 is 2.25 bits per heavy atom. The van der Waals surface area contributed by atoms with Crippen molar-refractivity contribution in [3.8, 4) is 0 Å². The lowest BCUT2D eigenvalue weighted by atomic mass is 10.5. The molecule has 0 heterocycles. The molecule has 0 saturated heterocycles. The minimum atomic E-state index is -1.16. The van der Waals surface area contributed by atoms with E-state index in [-0.39, 0.29) is 5.97 Å². The standard InChI is InChI=1S/C7H11ClO2.C3H10O2Si/c1-2-4-7(9)10-6-3-5-8;1-4-6(3)5-2/h2,4H,3,5-6H2,1H3;6H,1-3H3. The summed E-state index contributed by atoms with van der Waals surface area (Å²) in [6, 6.07) is 0. The van der Waals surface area contributed by atoms with E-state index >= 15 is 0 Å². The van der Waals surface area contributed by atoms with Crippen LogP contribution in [0.1, 0.15) is 13.3 Å². The topological polar surface area (TPSA) is 44.8 Å². The smallest absolute Gasteiger partial charge is 0.330 e. The molecule has 0 aliphatic carbocycles. The molecular formula is C10H21ClO4Si. The largest absolute Gasteiger partial charge is 0.462 e. The van der Waals surface area contributed by atoms with Crippen LogP contribution < -0.4 is 0 Å². The van der Waals surface area contributed by atoms with Gasteiger partial charge in [0.1, 0.15) is 0 Å². The second-order valence-corrected chi connectivity index (χ2v) is 5.21. The molecule has 0 aliphatic rings. The molecule has 4 nitrogen and oxygen atoms in total. The maximum absolute atomic E-state index is 10.6. The fourth-order valence-electron chi connectivity index (χ4n) is 0.508. The zero-order valence-corrected chi connectivity index (χ0v) is 12.3. The summed E-state index contributed by atoms with van der Waals surface area (Å²) in [6.45, 7) is 4.15. The van der Waals surface area contributed by atoms with E-state index < -0.39 is 9.28 Å². The van der Waals surface area contributed by atoms with E-state index in [4.69, 9.17) is 25.2 Å². The van der Waals surface area contributed by atoms with Crippen molar-refractivity contribution in [3.05, 3.63) is 12.2 Å². The Morgan fingerprint density at radius 2 is 1.94 bits per heavy atom. The highest BCUT2D eigenvalue weighted by Gasteiger charge is 1.94. The summed E-state index contributed by atoms with van der Waals surface area (Å²) < 4.78 is 14.3. The Bertz CT molecular complexity index is 184. The number of hydrogen-bond donors (Lipinski definition) is 0. The highest BCUT2D eigenvalue weighted by molar-refractivity contribution is 6.42. The summed E-state index contributed by atoms with van der Waals surface area (Å²) >= 11 is 5.35. The van der Waals surface area contributed by atoms with Crippen molar-refractivity contribution in [1.29, 1.82) is 0 Å². The molecule has 0 aromatic carbocycles. The second kappa shape index (κ2) is 14.6. The Morgan fingerprint density at radius 1 is 1.38 bits per heavy atom. The maximum atomic E-state index is 10.6. The SMILES string of the molecule is CC=CC(=O)OCCCCl.CO[SiH](C)OC. The van der Waals surface area contributed by atoms with Crippen molar-refractivity contribution < 1.29 is 18.4 Å². The zero-order valence-electron chi connectivity index (χ0n) is 10.4. The van der Waals surface area contributed by atoms with Crippen molar-refractivity contribution in [1.82, 2.24) is 0 Å². The van der Waals surface area contributed by atoms with Crippen molar-refractivity contribution in [3.63, 3.8) is 0 Å². The fraction of sp³-hybridized carbons (Fsp3) is 0.700. The molecule has 0 aromatic rings. The Kier molecular flexibility index (Phi) is 16.5. The van der Waals surface area contributed by atoms with Crippen molar-refractivity contribution >= 4 is 26.9 Å². The monoisotopic (exact) mass is 268 g/mol. The molecule has 0 aromatic heterocycles. The number of halogens is 1. The van der Waals surface area contributed by atoms with Gasteiger partial charge in [-0.25, -0.2) is 4.79 Å². The lowest BCUT2D eigenvalue weighted by Crippen LogP contribution is -2.12. The average molecular weight is 269 g/mol. The molecule has 0 unspecified atom stereocenters. The van der Waals surface area contributed by atoms with Gasteiger partial charge in [-0.15, -0.1) is 11.6 Å². The van der Waals surface area contributed by atoms with Gasteiger partial charge in [0.05, 0.1) is 6.61 Å². The Balaban J connectivity index is 0. The number of hydrogen-bond acceptors (Lipinski definition) is 4. The summed E-state index contributed by atoms with van der Waals surface area (Å²) in [7, 11) is 2.17. The third-order valence-corrected chi connectivity index (χ3v) is 3.08. The van der Waals surface area contributed by atoms with Crippen LogP contribution >= 0.6 is 11.6 Å². The van der Waals surface area contributed by atoms with Gasteiger partial charge in [-0.2, -0.15) is 0 Å². The summed E-state index contributed by atoms with van der Waals surface area (Å²) in [4.78, 5) is 10.6. The van der Waals surface area contributed by atoms with Crippen LogP contribution in [0.5, 0.6) is 0 Å². The second-order valence-electron chi connectivity index (χ2n) is 2.75. The Hall–Kier alpha value is -0.363. The number of carbonyl (C=O) groups excluding carboxylic acids is 1. The van der Waals surface area contributed by atoms with Crippen molar-refractivity contribution in [2.24, 2.45) is 0 Å². The summed E-state index contributed by atoms with van der Waals surface area (Å²) in [5.41, 5.74) is 0. The predicted octanol–water partition coefficient (Wildman–Crippen LogP) is 1.86. The molecule has 0 fully saturated rings. The molecule has 0 aliphatic heterocycles. The molecule has 0 bridgehead atoms. The normalized spacial score (nSPS) is 10.1. The van der Waals surface area contributed by atoms with Crippen LogP contribution in [0.15, 0.2) is 12.2 Å². The summed E-state index contributed by atoms with van der Waals surface area (Å²) in [5.74, 6) is 0.232.